The molecule has 0 aromatic heterocycles. The van der Waals surface area contributed by atoms with E-state index in [4.69, 9.17) is 23.2 Å². The number of amides is 1. The standard InChI is InChI=1S/C17H16Cl2N2O/c1-11(12-6-3-2-4-7-12)21-10-15(22)20-17(21)16-13(18)8-5-9-14(16)19/h2-9,11,17H,10H2,1H3,(H,20,22)/t11-,17+/m1/s1. The van der Waals surface area contributed by atoms with Gasteiger partial charge in [0.2, 0.25) is 5.91 Å². The molecule has 0 bridgehead atoms. The second kappa shape index (κ2) is 6.29. The van der Waals surface area contributed by atoms with Gasteiger partial charge in [-0.2, -0.15) is 0 Å². The highest BCUT2D eigenvalue weighted by Gasteiger charge is 2.36. The van der Waals surface area contributed by atoms with E-state index < -0.39 is 0 Å². The Hall–Kier alpha value is -1.55. The van der Waals surface area contributed by atoms with Crippen LogP contribution in [0.1, 0.15) is 30.3 Å². The lowest BCUT2D eigenvalue weighted by Gasteiger charge is -2.30. The predicted molar refractivity (Wildman–Crippen MR) is 88.9 cm³/mol. The normalized spacial score (nSPS) is 20.0. The molecule has 22 heavy (non-hydrogen) atoms. The molecule has 0 saturated carbocycles. The van der Waals surface area contributed by atoms with Gasteiger partial charge in [0.05, 0.1) is 6.54 Å². The van der Waals surface area contributed by atoms with E-state index >= 15 is 0 Å². The summed E-state index contributed by atoms with van der Waals surface area (Å²) in [6.45, 7) is 2.40. The van der Waals surface area contributed by atoms with Crippen molar-refractivity contribution in [3.63, 3.8) is 0 Å². The molecule has 2 aromatic carbocycles. The molecule has 0 aliphatic carbocycles. The molecule has 1 heterocycles. The Morgan fingerprint density at radius 2 is 1.73 bits per heavy atom. The Labute approximate surface area is 139 Å². The predicted octanol–water partition coefficient (Wildman–Crippen LogP) is 4.19. The first-order chi connectivity index (χ1) is 10.6. The molecule has 0 radical (unpaired) electrons. The molecular weight excluding hydrogens is 319 g/mol. The SMILES string of the molecule is C[C@H](c1ccccc1)N1CC(=O)N[C@@H]1c1c(Cl)cccc1Cl. The Kier molecular flexibility index (Phi) is 4.39. The van der Waals surface area contributed by atoms with E-state index in [-0.39, 0.29) is 18.1 Å². The van der Waals surface area contributed by atoms with Crippen LogP contribution < -0.4 is 5.32 Å². The van der Waals surface area contributed by atoms with Gasteiger partial charge in [-0.1, -0.05) is 59.6 Å². The van der Waals surface area contributed by atoms with Crippen LogP contribution in [0.3, 0.4) is 0 Å². The largest absolute Gasteiger partial charge is 0.335 e. The number of benzene rings is 2. The van der Waals surface area contributed by atoms with Gasteiger partial charge >= 0.3 is 0 Å². The minimum Gasteiger partial charge on any atom is -0.335 e. The number of halogens is 2. The molecule has 2 aromatic rings. The van der Waals surface area contributed by atoms with Crippen molar-refractivity contribution < 1.29 is 4.79 Å². The van der Waals surface area contributed by atoms with Crippen molar-refractivity contribution in [1.29, 1.82) is 0 Å². The molecule has 5 heteroatoms. The molecule has 1 fully saturated rings. The number of carbonyl (C=O) groups excluding carboxylic acids is 1. The molecule has 2 atom stereocenters. The maximum Gasteiger partial charge on any atom is 0.235 e. The molecular formula is C17H16Cl2N2O. The zero-order chi connectivity index (χ0) is 15.7. The third kappa shape index (κ3) is 2.84. The number of rotatable bonds is 3. The first-order valence-electron chi connectivity index (χ1n) is 7.12. The quantitative estimate of drug-likeness (QED) is 0.912. The average Bonchev–Trinajstić information content (AvgIpc) is 2.89. The van der Waals surface area contributed by atoms with Gasteiger partial charge < -0.3 is 5.32 Å². The summed E-state index contributed by atoms with van der Waals surface area (Å²) < 4.78 is 0. The first kappa shape index (κ1) is 15.3. The van der Waals surface area contributed by atoms with E-state index in [2.05, 4.69) is 29.3 Å². The van der Waals surface area contributed by atoms with Crippen molar-refractivity contribution >= 4 is 29.1 Å². The molecule has 3 nitrogen and oxygen atoms in total. The lowest BCUT2D eigenvalue weighted by Crippen LogP contribution is -2.30. The summed E-state index contributed by atoms with van der Waals surface area (Å²) in [4.78, 5) is 14.0. The Bertz CT molecular complexity index is 670. The number of carbonyl (C=O) groups is 1. The van der Waals surface area contributed by atoms with Crippen molar-refractivity contribution in [3.8, 4) is 0 Å². The van der Waals surface area contributed by atoms with Crippen LogP contribution in [0, 0.1) is 0 Å². The zero-order valence-electron chi connectivity index (χ0n) is 12.1. The van der Waals surface area contributed by atoms with Gasteiger partial charge in [-0.05, 0) is 24.6 Å². The van der Waals surface area contributed by atoms with Crippen molar-refractivity contribution in [2.24, 2.45) is 0 Å². The fraction of sp³-hybridized carbons (Fsp3) is 0.235. The lowest BCUT2D eigenvalue weighted by molar-refractivity contribution is -0.118. The van der Waals surface area contributed by atoms with Crippen molar-refractivity contribution in [2.75, 3.05) is 6.54 Å². The highest BCUT2D eigenvalue weighted by atomic mass is 35.5. The van der Waals surface area contributed by atoms with Gasteiger partial charge in [-0.3, -0.25) is 9.69 Å². The van der Waals surface area contributed by atoms with Gasteiger partial charge in [0.1, 0.15) is 6.17 Å². The smallest absolute Gasteiger partial charge is 0.235 e. The fourth-order valence-corrected chi connectivity index (χ4v) is 3.44. The van der Waals surface area contributed by atoms with E-state index in [9.17, 15) is 4.79 Å². The van der Waals surface area contributed by atoms with E-state index in [0.29, 0.717) is 16.6 Å². The molecule has 0 spiro atoms. The number of nitrogens with one attached hydrogen (secondary N) is 1. The van der Waals surface area contributed by atoms with Gasteiger partial charge in [0, 0.05) is 21.7 Å². The van der Waals surface area contributed by atoms with Crippen molar-refractivity contribution in [2.45, 2.75) is 19.1 Å². The highest BCUT2D eigenvalue weighted by molar-refractivity contribution is 6.36. The van der Waals surface area contributed by atoms with Crippen molar-refractivity contribution in [1.82, 2.24) is 10.2 Å². The van der Waals surface area contributed by atoms with Crippen LogP contribution >= 0.6 is 23.2 Å². The summed E-state index contributed by atoms with van der Waals surface area (Å²) in [5.41, 5.74) is 1.90. The summed E-state index contributed by atoms with van der Waals surface area (Å²) in [5.74, 6) is -0.0243. The first-order valence-corrected chi connectivity index (χ1v) is 7.87. The second-order valence-electron chi connectivity index (χ2n) is 5.36. The minimum absolute atomic E-state index is 0.0243. The molecule has 0 unspecified atom stereocenters. The third-order valence-electron chi connectivity index (χ3n) is 4.01. The van der Waals surface area contributed by atoms with Crippen LogP contribution in [0.15, 0.2) is 48.5 Å². The number of nitrogens with zero attached hydrogens (tertiary/aromatic N) is 1. The summed E-state index contributed by atoms with van der Waals surface area (Å²) >= 11 is 12.6. The molecule has 1 amide bonds. The molecule has 1 N–H and O–H groups in total. The maximum absolute atomic E-state index is 12.0. The van der Waals surface area contributed by atoms with Gasteiger partial charge in [-0.25, -0.2) is 0 Å². The van der Waals surface area contributed by atoms with Crippen LogP contribution in [0.2, 0.25) is 10.0 Å². The number of hydrogen-bond donors (Lipinski definition) is 1. The van der Waals surface area contributed by atoms with Crippen molar-refractivity contribution in [3.05, 3.63) is 69.7 Å². The van der Waals surface area contributed by atoms with Crippen LogP contribution in [-0.4, -0.2) is 17.4 Å². The van der Waals surface area contributed by atoms with Gasteiger partial charge in [0.15, 0.2) is 0 Å². The van der Waals surface area contributed by atoms with Gasteiger partial charge in [0.25, 0.3) is 0 Å². The molecule has 114 valence electrons. The highest BCUT2D eigenvalue weighted by Crippen LogP contribution is 2.38. The fourth-order valence-electron chi connectivity index (χ4n) is 2.83. The Morgan fingerprint density at radius 1 is 1.09 bits per heavy atom. The minimum atomic E-state index is -0.316. The molecule has 1 aliphatic heterocycles. The monoisotopic (exact) mass is 334 g/mol. The van der Waals surface area contributed by atoms with E-state index in [1.807, 2.05) is 18.2 Å². The average molecular weight is 335 g/mol. The second-order valence-corrected chi connectivity index (χ2v) is 6.18. The summed E-state index contributed by atoms with van der Waals surface area (Å²) in [5, 5.41) is 4.09. The zero-order valence-corrected chi connectivity index (χ0v) is 13.6. The molecule has 1 aliphatic rings. The van der Waals surface area contributed by atoms with E-state index in [1.165, 1.54) is 0 Å². The summed E-state index contributed by atoms with van der Waals surface area (Å²) in [7, 11) is 0. The van der Waals surface area contributed by atoms with Crippen LogP contribution in [0.25, 0.3) is 0 Å². The van der Waals surface area contributed by atoms with E-state index in [0.717, 1.165) is 11.1 Å². The summed E-state index contributed by atoms with van der Waals surface area (Å²) in [6, 6.07) is 15.5. The number of hydrogen-bond acceptors (Lipinski definition) is 2. The summed E-state index contributed by atoms with van der Waals surface area (Å²) in [6.07, 6.45) is -0.316. The Morgan fingerprint density at radius 3 is 2.36 bits per heavy atom. The van der Waals surface area contributed by atoms with Crippen LogP contribution in [0.4, 0.5) is 0 Å². The van der Waals surface area contributed by atoms with Crippen LogP contribution in [0.5, 0.6) is 0 Å². The Balaban J connectivity index is 1.98. The molecule has 1 saturated heterocycles. The topological polar surface area (TPSA) is 32.3 Å². The van der Waals surface area contributed by atoms with Gasteiger partial charge in [-0.15, -0.1) is 0 Å². The van der Waals surface area contributed by atoms with Crippen LogP contribution in [-0.2, 0) is 4.79 Å². The maximum atomic E-state index is 12.0. The molecule has 3 rings (SSSR count). The third-order valence-corrected chi connectivity index (χ3v) is 4.67. The van der Waals surface area contributed by atoms with E-state index in [1.54, 1.807) is 18.2 Å². The lowest BCUT2D eigenvalue weighted by atomic mass is 10.0.